The molecule has 0 aliphatic carbocycles. The molecule has 0 bridgehead atoms. The zero-order valence-electron chi connectivity index (χ0n) is 18.5. The number of aromatic carboxylic acids is 1. The lowest BCUT2D eigenvalue weighted by Crippen LogP contribution is -2.30. The number of carboxylic acids is 1. The molecule has 0 amide bonds. The van der Waals surface area contributed by atoms with Gasteiger partial charge in [-0.1, -0.05) is 0 Å². The average molecular weight is 481 g/mol. The highest BCUT2D eigenvalue weighted by molar-refractivity contribution is 7.93. The van der Waals surface area contributed by atoms with Crippen LogP contribution >= 0.6 is 0 Å². The van der Waals surface area contributed by atoms with Crippen LogP contribution in [0.3, 0.4) is 0 Å². The van der Waals surface area contributed by atoms with E-state index in [9.17, 15) is 31.5 Å². The van der Waals surface area contributed by atoms with E-state index in [0.717, 1.165) is 18.2 Å². The van der Waals surface area contributed by atoms with Gasteiger partial charge in [-0.15, -0.1) is 0 Å². The fourth-order valence-corrected chi connectivity index (χ4v) is 5.74. The first-order valence-electron chi connectivity index (χ1n) is 9.67. The minimum atomic E-state index is -4.13. The molecule has 8 nitrogen and oxygen atoms in total. The zero-order chi connectivity index (χ0) is 24.4. The molecule has 0 fully saturated rings. The second-order valence-corrected chi connectivity index (χ2v) is 14.9. The van der Waals surface area contributed by atoms with Gasteiger partial charge in [0.05, 0.1) is 30.7 Å². The van der Waals surface area contributed by atoms with Crippen LogP contribution in [0, 0.1) is 0 Å². The van der Waals surface area contributed by atoms with Crippen molar-refractivity contribution in [3.8, 4) is 0 Å². The summed E-state index contributed by atoms with van der Waals surface area (Å²) < 4.78 is 56.2. The van der Waals surface area contributed by atoms with Gasteiger partial charge in [-0.05, 0) is 71.9 Å². The summed E-state index contributed by atoms with van der Waals surface area (Å²) in [7, 11) is -8.16. The zero-order valence-corrected chi connectivity index (χ0v) is 20.1. The van der Waals surface area contributed by atoms with Crippen LogP contribution in [-0.2, 0) is 19.7 Å². The third-order valence-corrected chi connectivity index (χ3v) is 10.1. The second-order valence-electron chi connectivity index (χ2n) is 9.48. The molecule has 0 atom stereocenters. The lowest BCUT2D eigenvalue weighted by Gasteiger charge is -2.23. The molecule has 1 N–H and O–H groups in total. The molecule has 10 heteroatoms. The Bertz CT molecular complexity index is 1550. The Morgan fingerprint density at radius 3 is 1.91 bits per heavy atom. The first kappa shape index (κ1) is 23.9. The van der Waals surface area contributed by atoms with Crippen LogP contribution in [-0.4, -0.2) is 37.4 Å². The Kier molecular flexibility index (Phi) is 5.34. The van der Waals surface area contributed by atoms with Crippen molar-refractivity contribution in [2.24, 2.45) is 0 Å². The van der Waals surface area contributed by atoms with Gasteiger partial charge >= 0.3 is 5.97 Å². The van der Waals surface area contributed by atoms with E-state index in [2.05, 4.69) is 0 Å². The van der Waals surface area contributed by atoms with E-state index in [1.165, 1.54) is 53.7 Å². The quantitative estimate of drug-likeness (QED) is 0.559. The number of hydrogen-bond donors (Lipinski definition) is 1. The van der Waals surface area contributed by atoms with E-state index in [4.69, 9.17) is 4.42 Å². The smallest absolute Gasteiger partial charge is 0.335 e. The SMILES string of the molecule is CC(C)(C)S(=O)(=O)c1cc(S(=O)(=O)C(C)(C)C)c2oc3ccc(C(=O)O)cc3c(=O)c2c1. The van der Waals surface area contributed by atoms with Crippen molar-refractivity contribution in [1.29, 1.82) is 0 Å². The number of fused-ring (bicyclic) bond motifs is 2. The van der Waals surface area contributed by atoms with E-state index < -0.39 is 45.5 Å². The maximum atomic E-state index is 13.4. The molecule has 0 spiro atoms. The first-order chi connectivity index (χ1) is 14.4. The van der Waals surface area contributed by atoms with Crippen LogP contribution in [0.15, 0.2) is 49.3 Å². The van der Waals surface area contributed by atoms with Gasteiger partial charge in [-0.3, -0.25) is 4.79 Å². The summed E-state index contributed by atoms with van der Waals surface area (Å²) >= 11 is 0. The Hall–Kier alpha value is -2.72. The van der Waals surface area contributed by atoms with Gasteiger partial charge in [0.1, 0.15) is 10.5 Å². The second kappa shape index (κ2) is 7.14. The predicted octanol–water partition coefficient (Wildman–Crippen LogP) is 3.79. The summed E-state index contributed by atoms with van der Waals surface area (Å²) in [5, 5.41) is 8.89. The number of carboxylic acid groups (broad SMARTS) is 1. The van der Waals surface area contributed by atoms with Gasteiger partial charge in [0.15, 0.2) is 25.3 Å². The van der Waals surface area contributed by atoms with E-state index >= 15 is 0 Å². The van der Waals surface area contributed by atoms with Crippen molar-refractivity contribution in [1.82, 2.24) is 0 Å². The maximum absolute atomic E-state index is 13.4. The number of rotatable bonds is 3. The van der Waals surface area contributed by atoms with Gasteiger partial charge in [-0.25, -0.2) is 21.6 Å². The van der Waals surface area contributed by atoms with Crippen molar-refractivity contribution in [3.05, 3.63) is 46.1 Å². The van der Waals surface area contributed by atoms with Crippen molar-refractivity contribution < 1.29 is 31.2 Å². The lowest BCUT2D eigenvalue weighted by molar-refractivity contribution is 0.0697. The van der Waals surface area contributed by atoms with Crippen molar-refractivity contribution in [2.75, 3.05) is 0 Å². The summed E-state index contributed by atoms with van der Waals surface area (Å²) in [6.45, 7) is 8.76. The Balaban J connectivity index is 2.62. The molecular weight excluding hydrogens is 456 g/mol. The van der Waals surface area contributed by atoms with Crippen LogP contribution in [0.25, 0.3) is 21.9 Å². The highest BCUT2D eigenvalue weighted by Crippen LogP contribution is 2.36. The highest BCUT2D eigenvalue weighted by Gasteiger charge is 2.37. The van der Waals surface area contributed by atoms with Gasteiger partial charge in [-0.2, -0.15) is 0 Å². The molecule has 0 aliphatic rings. The summed E-state index contributed by atoms with van der Waals surface area (Å²) in [4.78, 5) is 23.9. The molecule has 1 heterocycles. The Labute approximate surface area is 185 Å². The highest BCUT2D eigenvalue weighted by atomic mass is 32.2. The molecular formula is C22H24O8S2. The normalized spacial score (nSPS) is 13.6. The number of sulfone groups is 2. The van der Waals surface area contributed by atoms with Crippen molar-refractivity contribution >= 4 is 47.6 Å². The van der Waals surface area contributed by atoms with Crippen LogP contribution in [0.5, 0.6) is 0 Å². The van der Waals surface area contributed by atoms with Gasteiger partial charge in [0.2, 0.25) is 5.43 Å². The molecule has 3 rings (SSSR count). The van der Waals surface area contributed by atoms with E-state index in [-0.39, 0.29) is 32.4 Å². The van der Waals surface area contributed by atoms with Crippen LogP contribution < -0.4 is 5.43 Å². The van der Waals surface area contributed by atoms with Gasteiger partial charge < -0.3 is 9.52 Å². The Morgan fingerprint density at radius 1 is 0.844 bits per heavy atom. The Morgan fingerprint density at radius 2 is 1.41 bits per heavy atom. The van der Waals surface area contributed by atoms with E-state index in [1.807, 2.05) is 0 Å². The summed E-state index contributed by atoms with van der Waals surface area (Å²) in [6, 6.07) is 5.74. The van der Waals surface area contributed by atoms with E-state index in [0.29, 0.717) is 0 Å². The topological polar surface area (TPSA) is 136 Å². The molecule has 0 aliphatic heterocycles. The minimum absolute atomic E-state index is 0.00992. The maximum Gasteiger partial charge on any atom is 0.335 e. The molecule has 0 radical (unpaired) electrons. The summed E-state index contributed by atoms with van der Waals surface area (Å²) in [5.74, 6) is -1.26. The molecule has 3 aromatic rings. The molecule has 0 saturated heterocycles. The number of hydrogen-bond acceptors (Lipinski definition) is 7. The van der Waals surface area contributed by atoms with Crippen LogP contribution in [0.2, 0.25) is 0 Å². The largest absolute Gasteiger partial charge is 0.478 e. The van der Waals surface area contributed by atoms with Gasteiger partial charge in [0.25, 0.3) is 0 Å². The standard InChI is InChI=1S/C22H24O8S2/c1-21(2,3)31(26,27)13-10-15-18(23)14-9-12(20(24)25)7-8-16(14)30-19(15)17(11-13)32(28,29)22(4,5)6/h7-11H,1-6H3,(H,24,25). The fraction of sp³-hybridized carbons (Fsp3) is 0.364. The number of benzene rings is 2. The molecule has 32 heavy (non-hydrogen) atoms. The fourth-order valence-electron chi connectivity index (χ4n) is 3.07. The third kappa shape index (κ3) is 3.61. The van der Waals surface area contributed by atoms with Crippen molar-refractivity contribution in [3.63, 3.8) is 0 Å². The monoisotopic (exact) mass is 480 g/mol. The molecule has 0 saturated carbocycles. The molecule has 0 unspecified atom stereocenters. The average Bonchev–Trinajstić information content (AvgIpc) is 2.65. The lowest BCUT2D eigenvalue weighted by atomic mass is 10.1. The molecule has 2 aromatic carbocycles. The van der Waals surface area contributed by atoms with E-state index in [1.54, 1.807) is 0 Å². The van der Waals surface area contributed by atoms with Gasteiger partial charge in [0, 0.05) is 0 Å². The van der Waals surface area contributed by atoms with Crippen LogP contribution in [0.1, 0.15) is 51.9 Å². The predicted molar refractivity (Wildman–Crippen MR) is 121 cm³/mol. The number of carbonyl (C=O) groups is 1. The molecule has 1 aromatic heterocycles. The molecule has 172 valence electrons. The first-order valence-corrected chi connectivity index (χ1v) is 12.6. The van der Waals surface area contributed by atoms with Crippen LogP contribution in [0.4, 0.5) is 0 Å². The summed E-state index contributed by atoms with van der Waals surface area (Å²) in [6.07, 6.45) is 0. The minimum Gasteiger partial charge on any atom is -0.478 e. The third-order valence-electron chi connectivity index (χ3n) is 5.17. The van der Waals surface area contributed by atoms with Crippen molar-refractivity contribution in [2.45, 2.75) is 60.8 Å². The summed E-state index contributed by atoms with van der Waals surface area (Å²) in [5.41, 5.74) is -1.16.